The monoisotopic (exact) mass is 351 g/mol. The van der Waals surface area contributed by atoms with Crippen LogP contribution in [-0.4, -0.2) is 23.0 Å². The van der Waals surface area contributed by atoms with E-state index in [0.717, 1.165) is 6.07 Å². The lowest BCUT2D eigenvalue weighted by atomic mass is 10.0. The summed E-state index contributed by atoms with van der Waals surface area (Å²) in [6.45, 7) is 3.28. The van der Waals surface area contributed by atoms with Crippen LogP contribution in [0.2, 0.25) is 5.02 Å². The van der Waals surface area contributed by atoms with E-state index < -0.39 is 23.7 Å². The molecular formula is C12H12BrClFNO3. The fourth-order valence-corrected chi connectivity index (χ4v) is 2.26. The van der Waals surface area contributed by atoms with Gasteiger partial charge in [0.2, 0.25) is 0 Å². The summed E-state index contributed by atoms with van der Waals surface area (Å²) in [7, 11) is 0. The molecule has 0 unspecified atom stereocenters. The van der Waals surface area contributed by atoms with Crippen LogP contribution in [0.25, 0.3) is 0 Å². The summed E-state index contributed by atoms with van der Waals surface area (Å²) in [5.41, 5.74) is -0.300. The number of aliphatic carboxylic acids is 1. The van der Waals surface area contributed by atoms with E-state index in [-0.39, 0.29) is 21.0 Å². The van der Waals surface area contributed by atoms with Crippen molar-refractivity contribution in [1.82, 2.24) is 5.32 Å². The molecule has 0 bridgehead atoms. The summed E-state index contributed by atoms with van der Waals surface area (Å²) in [6, 6.07) is 1.37. The average molecular weight is 353 g/mol. The maximum atomic E-state index is 13.8. The van der Waals surface area contributed by atoms with Crippen LogP contribution < -0.4 is 5.32 Å². The largest absolute Gasteiger partial charge is 0.480 e. The van der Waals surface area contributed by atoms with Gasteiger partial charge in [0.1, 0.15) is 11.9 Å². The molecule has 0 aliphatic rings. The Morgan fingerprint density at radius 3 is 2.47 bits per heavy atom. The van der Waals surface area contributed by atoms with Gasteiger partial charge in [-0.25, -0.2) is 9.18 Å². The molecule has 0 aliphatic carbocycles. The first-order valence-electron chi connectivity index (χ1n) is 5.42. The first-order chi connectivity index (χ1) is 8.73. The van der Waals surface area contributed by atoms with E-state index in [9.17, 15) is 14.0 Å². The van der Waals surface area contributed by atoms with E-state index >= 15 is 0 Å². The predicted molar refractivity (Wildman–Crippen MR) is 72.8 cm³/mol. The van der Waals surface area contributed by atoms with Crippen molar-refractivity contribution in [2.45, 2.75) is 19.9 Å². The van der Waals surface area contributed by atoms with Gasteiger partial charge in [0.05, 0.1) is 10.0 Å². The molecule has 2 N–H and O–H groups in total. The molecule has 1 aromatic rings. The fourth-order valence-electron chi connectivity index (χ4n) is 1.45. The van der Waals surface area contributed by atoms with Crippen LogP contribution in [0.5, 0.6) is 0 Å². The van der Waals surface area contributed by atoms with Crippen LogP contribution in [0.1, 0.15) is 24.2 Å². The van der Waals surface area contributed by atoms with Gasteiger partial charge in [-0.3, -0.25) is 4.79 Å². The highest BCUT2D eigenvalue weighted by molar-refractivity contribution is 9.10. The van der Waals surface area contributed by atoms with Crippen molar-refractivity contribution in [3.63, 3.8) is 0 Å². The predicted octanol–water partition coefficient (Wildman–Crippen LogP) is 3.08. The number of carboxylic acids is 1. The van der Waals surface area contributed by atoms with Crippen LogP contribution in [0.3, 0.4) is 0 Å². The molecule has 1 aromatic carbocycles. The molecule has 0 spiro atoms. The Labute approximate surface area is 123 Å². The first kappa shape index (κ1) is 15.9. The van der Waals surface area contributed by atoms with E-state index in [2.05, 4.69) is 21.2 Å². The van der Waals surface area contributed by atoms with Crippen molar-refractivity contribution < 1.29 is 19.1 Å². The molecule has 0 radical (unpaired) electrons. The number of amides is 1. The zero-order valence-corrected chi connectivity index (χ0v) is 12.5. The fraction of sp³-hybridized carbons (Fsp3) is 0.333. The quantitative estimate of drug-likeness (QED) is 0.818. The summed E-state index contributed by atoms with van der Waals surface area (Å²) in [5.74, 6) is -3.10. The standard InChI is InChI=1S/C12H12BrClFNO3/c1-5(2)10(12(18)19)16-11(17)7-3-6(14)4-8(13)9(7)15/h3-5,10H,1-2H3,(H,16,17)(H,18,19)/t10-/m0/s1. The summed E-state index contributed by atoms with van der Waals surface area (Å²) in [5, 5.41) is 11.4. The van der Waals surface area contributed by atoms with Crippen LogP contribution >= 0.6 is 27.5 Å². The number of halogens is 3. The van der Waals surface area contributed by atoms with Crippen LogP contribution in [-0.2, 0) is 4.79 Å². The van der Waals surface area contributed by atoms with Crippen LogP contribution in [0.4, 0.5) is 4.39 Å². The van der Waals surface area contributed by atoms with Gasteiger partial charge >= 0.3 is 5.97 Å². The van der Waals surface area contributed by atoms with Crippen molar-refractivity contribution in [3.05, 3.63) is 33.0 Å². The molecule has 1 amide bonds. The molecule has 104 valence electrons. The number of carbonyl (C=O) groups excluding carboxylic acids is 1. The average Bonchev–Trinajstić information content (AvgIpc) is 2.29. The summed E-state index contributed by atoms with van der Waals surface area (Å²) >= 11 is 8.67. The minimum absolute atomic E-state index is 0.0431. The van der Waals surface area contributed by atoms with E-state index in [1.165, 1.54) is 6.07 Å². The van der Waals surface area contributed by atoms with E-state index in [0.29, 0.717) is 0 Å². The second-order valence-electron chi connectivity index (χ2n) is 4.28. The normalized spacial score (nSPS) is 12.3. The van der Waals surface area contributed by atoms with Crippen LogP contribution in [0, 0.1) is 11.7 Å². The Bertz CT molecular complexity index is 522. The molecule has 0 aromatic heterocycles. The molecule has 0 heterocycles. The second-order valence-corrected chi connectivity index (χ2v) is 5.57. The molecule has 0 saturated heterocycles. The first-order valence-corrected chi connectivity index (χ1v) is 6.59. The highest BCUT2D eigenvalue weighted by atomic mass is 79.9. The molecule has 1 rings (SSSR count). The van der Waals surface area contributed by atoms with Crippen molar-refractivity contribution in [2.24, 2.45) is 5.92 Å². The highest BCUT2D eigenvalue weighted by Gasteiger charge is 2.25. The van der Waals surface area contributed by atoms with Gasteiger partial charge in [-0.1, -0.05) is 25.4 Å². The lowest BCUT2D eigenvalue weighted by Crippen LogP contribution is -2.44. The van der Waals surface area contributed by atoms with Crippen molar-refractivity contribution in [3.8, 4) is 0 Å². The molecule has 0 fully saturated rings. The Balaban J connectivity index is 3.04. The summed E-state index contributed by atoms with van der Waals surface area (Å²) in [6.07, 6.45) is 0. The van der Waals surface area contributed by atoms with Crippen molar-refractivity contribution in [1.29, 1.82) is 0 Å². The summed E-state index contributed by atoms with van der Waals surface area (Å²) < 4.78 is 13.8. The van der Waals surface area contributed by atoms with Gasteiger partial charge in [0.25, 0.3) is 5.91 Å². The van der Waals surface area contributed by atoms with E-state index in [1.807, 2.05) is 0 Å². The van der Waals surface area contributed by atoms with Crippen molar-refractivity contribution in [2.75, 3.05) is 0 Å². The molecule has 0 saturated carbocycles. The maximum absolute atomic E-state index is 13.8. The van der Waals surface area contributed by atoms with Crippen molar-refractivity contribution >= 4 is 39.4 Å². The smallest absolute Gasteiger partial charge is 0.326 e. The SMILES string of the molecule is CC(C)[C@H](NC(=O)c1cc(Cl)cc(Br)c1F)C(=O)O. The van der Waals surface area contributed by atoms with E-state index in [4.69, 9.17) is 16.7 Å². The van der Waals surface area contributed by atoms with Gasteiger partial charge in [0.15, 0.2) is 0 Å². The minimum atomic E-state index is -1.18. The molecule has 7 heteroatoms. The topological polar surface area (TPSA) is 66.4 Å². The van der Waals surface area contributed by atoms with E-state index in [1.54, 1.807) is 13.8 Å². The van der Waals surface area contributed by atoms with Gasteiger partial charge in [-0.15, -0.1) is 0 Å². The Kier molecular flexibility index (Phi) is 5.31. The Morgan fingerprint density at radius 2 is 2.00 bits per heavy atom. The molecular weight excluding hydrogens is 340 g/mol. The molecule has 19 heavy (non-hydrogen) atoms. The highest BCUT2D eigenvalue weighted by Crippen LogP contribution is 2.24. The lowest BCUT2D eigenvalue weighted by Gasteiger charge is -2.18. The van der Waals surface area contributed by atoms with Gasteiger partial charge in [0, 0.05) is 5.02 Å². The zero-order chi connectivity index (χ0) is 14.7. The number of hydrogen-bond donors (Lipinski definition) is 2. The molecule has 1 atom stereocenters. The number of rotatable bonds is 4. The third kappa shape index (κ3) is 3.91. The zero-order valence-electron chi connectivity index (χ0n) is 10.2. The maximum Gasteiger partial charge on any atom is 0.326 e. The van der Waals surface area contributed by atoms with Gasteiger partial charge in [-0.2, -0.15) is 0 Å². The number of hydrogen-bond acceptors (Lipinski definition) is 2. The van der Waals surface area contributed by atoms with Gasteiger partial charge < -0.3 is 10.4 Å². The Morgan fingerprint density at radius 1 is 1.42 bits per heavy atom. The Hall–Kier alpha value is -1.14. The minimum Gasteiger partial charge on any atom is -0.480 e. The number of benzene rings is 1. The third-order valence-corrected chi connectivity index (χ3v) is 3.25. The number of carbonyl (C=O) groups is 2. The molecule has 4 nitrogen and oxygen atoms in total. The van der Waals surface area contributed by atoms with Gasteiger partial charge in [-0.05, 0) is 34.0 Å². The third-order valence-electron chi connectivity index (χ3n) is 2.46. The van der Waals surface area contributed by atoms with Crippen LogP contribution in [0.15, 0.2) is 16.6 Å². The lowest BCUT2D eigenvalue weighted by molar-refractivity contribution is -0.140. The number of carboxylic acid groups (broad SMARTS) is 1. The second kappa shape index (κ2) is 6.34. The number of nitrogens with one attached hydrogen (secondary N) is 1. The summed E-state index contributed by atoms with van der Waals surface area (Å²) in [4.78, 5) is 22.9. The molecule has 0 aliphatic heterocycles.